The van der Waals surface area contributed by atoms with E-state index in [0.717, 1.165) is 0 Å². The molecule has 1 aromatic rings. The zero-order valence-corrected chi connectivity index (χ0v) is 8.70. The Morgan fingerprint density at radius 2 is 2.21 bits per heavy atom. The summed E-state index contributed by atoms with van der Waals surface area (Å²) in [4.78, 5) is 4.22. The zero-order valence-electron chi connectivity index (χ0n) is 8.70. The van der Waals surface area contributed by atoms with Gasteiger partial charge < -0.3 is 14.6 Å². The molecule has 0 saturated heterocycles. The number of rotatable bonds is 4. The molecule has 1 aliphatic rings. The van der Waals surface area contributed by atoms with Crippen molar-refractivity contribution in [1.82, 2.24) is 10.1 Å². The van der Waals surface area contributed by atoms with Crippen molar-refractivity contribution in [3.8, 4) is 0 Å². The number of aromatic nitrogens is 2. The van der Waals surface area contributed by atoms with Crippen molar-refractivity contribution < 1.29 is 9.26 Å². The van der Waals surface area contributed by atoms with Gasteiger partial charge in [-0.3, -0.25) is 0 Å². The van der Waals surface area contributed by atoms with Gasteiger partial charge in [0.05, 0.1) is 0 Å². The maximum Gasteiger partial charge on any atom is 0.321 e. The molecular formula is C9H15N3O2. The summed E-state index contributed by atoms with van der Waals surface area (Å²) in [6, 6.07) is 1.02. The van der Waals surface area contributed by atoms with E-state index in [9.17, 15) is 0 Å². The highest BCUT2D eigenvalue weighted by Gasteiger charge is 2.28. The van der Waals surface area contributed by atoms with Crippen LogP contribution in [0.4, 0.5) is 6.01 Å². The van der Waals surface area contributed by atoms with Crippen molar-refractivity contribution >= 4 is 6.01 Å². The van der Waals surface area contributed by atoms with Gasteiger partial charge in [0.15, 0.2) is 0 Å². The van der Waals surface area contributed by atoms with E-state index in [1.165, 1.54) is 12.8 Å². The SMILES string of the molecule is COC(C)(C)c1noc(NC2CC2)n1. The molecule has 0 aromatic carbocycles. The van der Waals surface area contributed by atoms with Crippen molar-refractivity contribution in [2.45, 2.75) is 38.3 Å². The number of ether oxygens (including phenoxy) is 1. The Labute approximate surface area is 82.8 Å². The largest absolute Gasteiger partial charge is 0.371 e. The first-order chi connectivity index (χ1) is 6.62. The second kappa shape index (κ2) is 3.24. The lowest BCUT2D eigenvalue weighted by atomic mass is 10.1. The molecule has 0 amide bonds. The first-order valence-corrected chi connectivity index (χ1v) is 4.78. The molecule has 1 heterocycles. The first kappa shape index (κ1) is 9.45. The van der Waals surface area contributed by atoms with E-state index in [1.807, 2.05) is 13.8 Å². The molecule has 1 saturated carbocycles. The van der Waals surface area contributed by atoms with E-state index in [1.54, 1.807) is 7.11 Å². The van der Waals surface area contributed by atoms with Gasteiger partial charge in [-0.25, -0.2) is 0 Å². The minimum Gasteiger partial charge on any atom is -0.371 e. The average Bonchev–Trinajstić information content (AvgIpc) is 2.81. The van der Waals surface area contributed by atoms with Gasteiger partial charge in [-0.1, -0.05) is 5.16 Å². The predicted octanol–water partition coefficient (Wildman–Crippen LogP) is 1.53. The summed E-state index contributed by atoms with van der Waals surface area (Å²) in [5.74, 6) is 0.572. The maximum absolute atomic E-state index is 5.24. The molecule has 1 fully saturated rings. The lowest BCUT2D eigenvalue weighted by Crippen LogP contribution is -2.21. The molecule has 14 heavy (non-hydrogen) atoms. The first-order valence-electron chi connectivity index (χ1n) is 4.78. The van der Waals surface area contributed by atoms with E-state index in [0.29, 0.717) is 17.9 Å². The van der Waals surface area contributed by atoms with Crippen LogP contribution < -0.4 is 5.32 Å². The highest BCUT2D eigenvalue weighted by Crippen LogP contribution is 2.26. The fourth-order valence-corrected chi connectivity index (χ4v) is 1.02. The lowest BCUT2D eigenvalue weighted by Gasteiger charge is -2.17. The van der Waals surface area contributed by atoms with E-state index in [2.05, 4.69) is 15.5 Å². The van der Waals surface area contributed by atoms with Crippen LogP contribution >= 0.6 is 0 Å². The lowest BCUT2D eigenvalue weighted by molar-refractivity contribution is 0.00973. The zero-order chi connectivity index (χ0) is 10.2. The summed E-state index contributed by atoms with van der Waals surface area (Å²) in [6.45, 7) is 3.80. The van der Waals surface area contributed by atoms with E-state index >= 15 is 0 Å². The van der Waals surface area contributed by atoms with Gasteiger partial charge in [0, 0.05) is 13.2 Å². The highest BCUT2D eigenvalue weighted by molar-refractivity contribution is 5.24. The number of hydrogen-bond donors (Lipinski definition) is 1. The van der Waals surface area contributed by atoms with Crippen molar-refractivity contribution in [2.24, 2.45) is 0 Å². The van der Waals surface area contributed by atoms with Crippen LogP contribution in [-0.4, -0.2) is 23.3 Å². The molecule has 1 aromatic heterocycles. The molecule has 0 unspecified atom stereocenters. The summed E-state index contributed by atoms with van der Waals surface area (Å²) in [7, 11) is 1.63. The fraction of sp³-hybridized carbons (Fsp3) is 0.778. The van der Waals surface area contributed by atoms with Crippen LogP contribution in [0.3, 0.4) is 0 Å². The Morgan fingerprint density at radius 1 is 1.50 bits per heavy atom. The molecule has 5 heteroatoms. The number of nitrogens with zero attached hydrogens (tertiary/aromatic N) is 2. The van der Waals surface area contributed by atoms with E-state index < -0.39 is 5.60 Å². The Balaban J connectivity index is 2.07. The van der Waals surface area contributed by atoms with Crippen LogP contribution in [0.15, 0.2) is 4.52 Å². The van der Waals surface area contributed by atoms with Crippen molar-refractivity contribution in [1.29, 1.82) is 0 Å². The third kappa shape index (κ3) is 1.87. The van der Waals surface area contributed by atoms with Crippen LogP contribution in [0.5, 0.6) is 0 Å². The van der Waals surface area contributed by atoms with Crippen molar-refractivity contribution in [3.05, 3.63) is 5.82 Å². The summed E-state index contributed by atoms with van der Waals surface area (Å²) in [5.41, 5.74) is -0.493. The van der Waals surface area contributed by atoms with Crippen molar-refractivity contribution in [2.75, 3.05) is 12.4 Å². The average molecular weight is 197 g/mol. The predicted molar refractivity (Wildman–Crippen MR) is 51.0 cm³/mol. The molecule has 5 nitrogen and oxygen atoms in total. The van der Waals surface area contributed by atoms with Gasteiger partial charge in [-0.15, -0.1) is 0 Å². The maximum atomic E-state index is 5.24. The van der Waals surface area contributed by atoms with Gasteiger partial charge in [0.1, 0.15) is 5.60 Å². The molecule has 1 aliphatic carbocycles. The molecule has 2 rings (SSSR count). The molecule has 0 aliphatic heterocycles. The summed E-state index contributed by atoms with van der Waals surface area (Å²) in [5, 5.41) is 7.00. The Bertz CT molecular complexity index is 318. The molecule has 0 bridgehead atoms. The smallest absolute Gasteiger partial charge is 0.321 e. The second-order valence-electron chi connectivity index (χ2n) is 4.06. The fourth-order valence-electron chi connectivity index (χ4n) is 1.02. The molecule has 78 valence electrons. The number of methoxy groups -OCH3 is 1. The van der Waals surface area contributed by atoms with Crippen LogP contribution in [0.1, 0.15) is 32.5 Å². The van der Waals surface area contributed by atoms with E-state index in [4.69, 9.17) is 9.26 Å². The molecule has 0 atom stereocenters. The second-order valence-corrected chi connectivity index (χ2v) is 4.06. The summed E-state index contributed by atoms with van der Waals surface area (Å²) in [6.07, 6.45) is 2.37. The van der Waals surface area contributed by atoms with Gasteiger partial charge in [-0.2, -0.15) is 4.98 Å². The molecule has 1 N–H and O–H groups in total. The standard InChI is InChI=1S/C9H15N3O2/c1-9(2,13-3)7-11-8(14-12-7)10-6-4-5-6/h6H,4-5H2,1-3H3,(H,10,11,12). The number of nitrogens with one attached hydrogen (secondary N) is 1. The molecular weight excluding hydrogens is 182 g/mol. The Hall–Kier alpha value is -1.10. The minimum absolute atomic E-state index is 0.493. The van der Waals surface area contributed by atoms with E-state index in [-0.39, 0.29) is 0 Å². The number of hydrogen-bond acceptors (Lipinski definition) is 5. The third-order valence-electron chi connectivity index (χ3n) is 2.38. The quantitative estimate of drug-likeness (QED) is 0.793. The number of anilines is 1. The topological polar surface area (TPSA) is 60.2 Å². The van der Waals surface area contributed by atoms with Crippen LogP contribution in [0.2, 0.25) is 0 Å². The molecule has 0 radical (unpaired) electrons. The van der Waals surface area contributed by atoms with Crippen molar-refractivity contribution in [3.63, 3.8) is 0 Å². The van der Waals surface area contributed by atoms with Gasteiger partial charge in [0.25, 0.3) is 0 Å². The third-order valence-corrected chi connectivity index (χ3v) is 2.38. The highest BCUT2D eigenvalue weighted by atomic mass is 16.5. The van der Waals surface area contributed by atoms with Crippen LogP contribution in [0, 0.1) is 0 Å². The Morgan fingerprint density at radius 3 is 2.79 bits per heavy atom. The normalized spacial score (nSPS) is 17.1. The minimum atomic E-state index is -0.493. The Kier molecular flexibility index (Phi) is 2.19. The summed E-state index contributed by atoms with van der Waals surface area (Å²) < 4.78 is 10.3. The monoisotopic (exact) mass is 197 g/mol. The van der Waals surface area contributed by atoms with Gasteiger partial charge >= 0.3 is 6.01 Å². The van der Waals surface area contributed by atoms with Gasteiger partial charge in [-0.05, 0) is 26.7 Å². The summed E-state index contributed by atoms with van der Waals surface area (Å²) >= 11 is 0. The van der Waals surface area contributed by atoms with Crippen LogP contribution in [-0.2, 0) is 10.3 Å². The van der Waals surface area contributed by atoms with Gasteiger partial charge in [0.2, 0.25) is 5.82 Å². The van der Waals surface area contributed by atoms with Crippen LogP contribution in [0.25, 0.3) is 0 Å². The molecule has 0 spiro atoms.